The fourth-order valence-electron chi connectivity index (χ4n) is 4.33. The molecule has 0 N–H and O–H groups in total. The van der Waals surface area contributed by atoms with Crippen molar-refractivity contribution in [3.05, 3.63) is 23.0 Å². The number of hydrogen-bond acceptors (Lipinski definition) is 8. The van der Waals surface area contributed by atoms with Gasteiger partial charge in [-0.15, -0.1) is 9.73 Å². The summed E-state index contributed by atoms with van der Waals surface area (Å²) in [6.45, 7) is 15.2. The molecule has 0 spiro atoms. The molecule has 2 aliphatic rings. The SMILES string of the molecule is CC1=NC(=Nc2c(C)nn3c(C)nn(C)c23)C(C)=N1.CC1=NC(=Nc2c(C)nn3nc(C)n(C)c23)C(C)=N1. The molecule has 0 aliphatic carbocycles. The van der Waals surface area contributed by atoms with E-state index >= 15 is 0 Å². The summed E-state index contributed by atoms with van der Waals surface area (Å²) >= 11 is 0. The van der Waals surface area contributed by atoms with Crippen molar-refractivity contribution in [3.8, 4) is 0 Å². The van der Waals surface area contributed by atoms with Crippen LogP contribution in [-0.2, 0) is 14.1 Å². The van der Waals surface area contributed by atoms with E-state index in [4.69, 9.17) is 0 Å². The van der Waals surface area contributed by atoms with E-state index in [0.717, 1.165) is 68.8 Å². The van der Waals surface area contributed by atoms with Gasteiger partial charge in [0.2, 0.25) is 0 Å². The Bertz CT molecular complexity index is 1750. The van der Waals surface area contributed by atoms with Gasteiger partial charge in [0.15, 0.2) is 23.0 Å². The Hall–Kier alpha value is -4.62. The minimum atomic E-state index is 0.648. The van der Waals surface area contributed by atoms with Crippen LogP contribution in [-0.4, -0.2) is 73.6 Å². The maximum Gasteiger partial charge on any atom is 0.184 e. The average molecular weight is 515 g/mol. The lowest BCUT2D eigenvalue weighted by Gasteiger charge is -1.97. The maximum atomic E-state index is 4.61. The molecule has 0 radical (unpaired) electrons. The summed E-state index contributed by atoms with van der Waals surface area (Å²) in [5.41, 5.74) is 6.68. The molecule has 0 amide bonds. The van der Waals surface area contributed by atoms with Gasteiger partial charge in [-0.25, -0.2) is 34.6 Å². The number of amidine groups is 4. The molecule has 6 heterocycles. The van der Waals surface area contributed by atoms with E-state index in [1.807, 2.05) is 74.1 Å². The lowest BCUT2D eigenvalue weighted by atomic mass is 10.3. The molecule has 0 saturated heterocycles. The van der Waals surface area contributed by atoms with E-state index in [1.54, 1.807) is 13.8 Å². The van der Waals surface area contributed by atoms with Crippen LogP contribution in [0.1, 0.15) is 50.7 Å². The molecule has 0 saturated carbocycles. The zero-order valence-electron chi connectivity index (χ0n) is 23.3. The third-order valence-corrected chi connectivity index (χ3v) is 6.22. The molecular weight excluding hydrogens is 484 g/mol. The first-order valence-electron chi connectivity index (χ1n) is 12.1. The van der Waals surface area contributed by atoms with Crippen molar-refractivity contribution in [2.24, 2.45) is 44.0 Å². The van der Waals surface area contributed by atoms with E-state index in [9.17, 15) is 0 Å². The summed E-state index contributed by atoms with van der Waals surface area (Å²) in [5.74, 6) is 4.49. The van der Waals surface area contributed by atoms with Crippen LogP contribution in [0.15, 0.2) is 30.0 Å². The van der Waals surface area contributed by atoms with Crippen LogP contribution in [0.2, 0.25) is 0 Å². The first-order valence-corrected chi connectivity index (χ1v) is 12.1. The summed E-state index contributed by atoms with van der Waals surface area (Å²) in [7, 11) is 3.84. The number of rotatable bonds is 2. The summed E-state index contributed by atoms with van der Waals surface area (Å²) in [4.78, 5) is 26.4. The van der Waals surface area contributed by atoms with Crippen molar-refractivity contribution < 1.29 is 0 Å². The lowest BCUT2D eigenvalue weighted by molar-refractivity contribution is 0.779. The molecule has 0 fully saturated rings. The zero-order valence-corrected chi connectivity index (χ0v) is 23.3. The summed E-state index contributed by atoms with van der Waals surface area (Å²) in [6, 6.07) is 0. The molecule has 4 aromatic heterocycles. The van der Waals surface area contributed by atoms with Gasteiger partial charge in [0.1, 0.15) is 34.7 Å². The Balaban J connectivity index is 0.000000155. The molecule has 0 unspecified atom stereocenters. The van der Waals surface area contributed by atoms with Gasteiger partial charge < -0.3 is 4.57 Å². The quantitative estimate of drug-likeness (QED) is 0.404. The standard InChI is InChI=1S/2C12H15N7/c1-6-10(15-11-7(2)13-8(3)14-11)12-18(5)17-9(4)19(12)16-6;1-6-10(15-11-7(2)13-8(3)14-11)12-18(5)9(4)17-19(12)16-6/h2*1-5H3. The molecule has 196 valence electrons. The lowest BCUT2D eigenvalue weighted by Crippen LogP contribution is -2.02. The van der Waals surface area contributed by atoms with Gasteiger partial charge >= 0.3 is 0 Å². The number of aromatic nitrogens is 8. The number of aryl methyl sites for hydroxylation is 6. The number of aliphatic imine (C=N–C) groups is 6. The largest absolute Gasteiger partial charge is 0.313 e. The highest BCUT2D eigenvalue weighted by atomic mass is 15.5. The first kappa shape index (κ1) is 25.0. The third kappa shape index (κ3) is 4.17. The zero-order chi connectivity index (χ0) is 27.5. The molecule has 14 nitrogen and oxygen atoms in total. The normalized spacial score (nSPS) is 17.4. The van der Waals surface area contributed by atoms with E-state index in [1.165, 1.54) is 0 Å². The van der Waals surface area contributed by atoms with Gasteiger partial charge in [-0.1, -0.05) is 0 Å². The summed E-state index contributed by atoms with van der Waals surface area (Å²) in [6.07, 6.45) is 0. The second-order valence-corrected chi connectivity index (χ2v) is 9.28. The maximum absolute atomic E-state index is 4.61. The predicted octanol–water partition coefficient (Wildman–Crippen LogP) is 3.22. The van der Waals surface area contributed by atoms with Crippen molar-refractivity contribution >= 4 is 57.4 Å². The van der Waals surface area contributed by atoms with E-state index in [0.29, 0.717) is 11.7 Å². The number of hydrogen-bond donors (Lipinski definition) is 0. The Morgan fingerprint density at radius 2 is 1.08 bits per heavy atom. The molecule has 6 rings (SSSR count). The Kier molecular flexibility index (Phi) is 5.96. The second kappa shape index (κ2) is 9.04. The summed E-state index contributed by atoms with van der Waals surface area (Å²) < 4.78 is 7.17. The number of nitrogens with zero attached hydrogens (tertiary/aromatic N) is 14. The van der Waals surface area contributed by atoms with Gasteiger partial charge in [0.05, 0.1) is 22.8 Å². The third-order valence-electron chi connectivity index (χ3n) is 6.22. The Morgan fingerprint density at radius 1 is 0.553 bits per heavy atom. The summed E-state index contributed by atoms with van der Waals surface area (Å²) in [5, 5.41) is 17.5. The van der Waals surface area contributed by atoms with Gasteiger partial charge in [0, 0.05) is 14.1 Å². The predicted molar refractivity (Wildman–Crippen MR) is 149 cm³/mol. The van der Waals surface area contributed by atoms with E-state index < -0.39 is 0 Å². The van der Waals surface area contributed by atoms with Gasteiger partial charge in [-0.2, -0.15) is 19.8 Å². The van der Waals surface area contributed by atoms with Gasteiger partial charge in [-0.3, -0.25) is 0 Å². The highest BCUT2D eigenvalue weighted by molar-refractivity contribution is 6.47. The van der Waals surface area contributed by atoms with Crippen molar-refractivity contribution in [1.29, 1.82) is 0 Å². The van der Waals surface area contributed by atoms with Crippen LogP contribution in [0.5, 0.6) is 0 Å². The topological polar surface area (TPSA) is 144 Å². The Morgan fingerprint density at radius 3 is 1.61 bits per heavy atom. The van der Waals surface area contributed by atoms with Crippen molar-refractivity contribution in [2.45, 2.75) is 55.4 Å². The van der Waals surface area contributed by atoms with Crippen molar-refractivity contribution in [3.63, 3.8) is 0 Å². The fourth-order valence-corrected chi connectivity index (χ4v) is 4.33. The number of fused-ring (bicyclic) bond motifs is 2. The van der Waals surface area contributed by atoms with Crippen LogP contribution in [0.3, 0.4) is 0 Å². The average Bonchev–Trinajstić information content (AvgIpc) is 3.62. The molecular formula is C24H30N14. The molecule has 0 atom stereocenters. The molecule has 38 heavy (non-hydrogen) atoms. The van der Waals surface area contributed by atoms with Crippen LogP contribution in [0.25, 0.3) is 11.3 Å². The van der Waals surface area contributed by atoms with E-state index in [2.05, 4.69) is 50.3 Å². The van der Waals surface area contributed by atoms with Crippen LogP contribution in [0, 0.1) is 27.7 Å². The van der Waals surface area contributed by atoms with E-state index in [-0.39, 0.29) is 0 Å². The van der Waals surface area contributed by atoms with Gasteiger partial charge in [0.25, 0.3) is 0 Å². The Labute approximate surface area is 219 Å². The van der Waals surface area contributed by atoms with Crippen LogP contribution < -0.4 is 0 Å². The minimum Gasteiger partial charge on any atom is -0.313 e. The fraction of sp³-hybridized carbons (Fsp3) is 0.417. The highest BCUT2D eigenvalue weighted by Gasteiger charge is 2.19. The van der Waals surface area contributed by atoms with Gasteiger partial charge in [-0.05, 0) is 55.4 Å². The molecule has 0 bridgehead atoms. The minimum absolute atomic E-state index is 0.648. The van der Waals surface area contributed by atoms with Crippen LogP contribution in [0.4, 0.5) is 11.4 Å². The van der Waals surface area contributed by atoms with Crippen molar-refractivity contribution in [2.75, 3.05) is 0 Å². The second-order valence-electron chi connectivity index (χ2n) is 9.28. The molecule has 14 heteroatoms. The van der Waals surface area contributed by atoms with Crippen molar-refractivity contribution in [1.82, 2.24) is 38.8 Å². The molecule has 4 aromatic rings. The van der Waals surface area contributed by atoms with Crippen LogP contribution >= 0.6 is 0 Å². The molecule has 2 aliphatic heterocycles. The monoisotopic (exact) mass is 514 g/mol. The molecule has 0 aromatic carbocycles. The smallest absolute Gasteiger partial charge is 0.184 e. The highest BCUT2D eigenvalue weighted by Crippen LogP contribution is 2.27. The first-order chi connectivity index (χ1) is 17.9.